The highest BCUT2D eigenvalue weighted by Crippen LogP contribution is 2.50. The van der Waals surface area contributed by atoms with Gasteiger partial charge in [-0.3, -0.25) is 18.6 Å². The molecule has 0 spiro atoms. The van der Waals surface area contributed by atoms with Crippen molar-refractivity contribution in [1.82, 2.24) is 24.5 Å². The van der Waals surface area contributed by atoms with Crippen molar-refractivity contribution in [2.45, 2.75) is 64.6 Å². The number of ketones is 1. The van der Waals surface area contributed by atoms with Crippen molar-refractivity contribution < 1.29 is 54.6 Å². The fourth-order valence-corrected chi connectivity index (χ4v) is 8.54. The molecule has 0 fully saturated rings. The van der Waals surface area contributed by atoms with Crippen LogP contribution in [0.3, 0.4) is 0 Å². The summed E-state index contributed by atoms with van der Waals surface area (Å²) in [4.78, 5) is 17.2. The molecule has 0 aliphatic rings. The molecule has 0 saturated carbocycles. The van der Waals surface area contributed by atoms with Gasteiger partial charge >= 0.3 is 15.2 Å². The van der Waals surface area contributed by atoms with Gasteiger partial charge in [-0.15, -0.1) is 5.10 Å². The first-order chi connectivity index (χ1) is 26.0. The first-order valence-electron chi connectivity index (χ1n) is 17.3. The average Bonchev–Trinajstić information content (AvgIpc) is 3.72. The Hall–Kier alpha value is -3.93. The van der Waals surface area contributed by atoms with E-state index in [1.807, 2.05) is 6.92 Å². The molecule has 0 unspecified atom stereocenters. The van der Waals surface area contributed by atoms with Crippen molar-refractivity contribution in [3.05, 3.63) is 72.3 Å². The Balaban J connectivity index is 0.000000452. The van der Waals surface area contributed by atoms with Crippen LogP contribution < -0.4 is 15.2 Å². The number of nitrogens with two attached hydrogens (primary N) is 1. The summed E-state index contributed by atoms with van der Waals surface area (Å²) in [6, 6.07) is 12.5. The smallest absolute Gasteiger partial charge is 0.351 e. The molecule has 21 heteroatoms. The van der Waals surface area contributed by atoms with Crippen LogP contribution in [0.15, 0.2) is 66.0 Å². The largest absolute Gasteiger partial charge is 0.488 e. The Kier molecular flexibility index (Phi) is 17.7. The minimum atomic E-state index is -3.36. The fraction of sp³-hybridized carbons (Fsp3) is 0.471. The number of benzene rings is 2. The molecule has 0 radical (unpaired) electrons. The molecule has 55 heavy (non-hydrogen) atoms. The van der Waals surface area contributed by atoms with E-state index in [1.165, 1.54) is 40.0 Å². The maximum atomic E-state index is 13.3. The summed E-state index contributed by atoms with van der Waals surface area (Å²) in [5.74, 6) is 1.01. The molecular formula is C34H50N6O12P2S. The van der Waals surface area contributed by atoms with Crippen molar-refractivity contribution in [3.8, 4) is 17.2 Å². The van der Waals surface area contributed by atoms with Gasteiger partial charge in [0.05, 0.1) is 50.0 Å². The maximum absolute atomic E-state index is 13.3. The number of methoxy groups -OCH3 is 1. The first kappa shape index (κ1) is 45.5. The van der Waals surface area contributed by atoms with Crippen LogP contribution in [0.1, 0.15) is 50.7 Å². The van der Waals surface area contributed by atoms with Crippen molar-refractivity contribution in [1.29, 1.82) is 0 Å². The number of carbonyl (C=O) groups is 1. The van der Waals surface area contributed by atoms with Gasteiger partial charge in [0.1, 0.15) is 42.3 Å². The van der Waals surface area contributed by atoms with E-state index in [2.05, 4.69) is 15.2 Å². The number of carbonyl (C=O) groups excluding carboxylic acids is 1. The number of hydrogen-bond acceptors (Lipinski definition) is 16. The van der Waals surface area contributed by atoms with E-state index in [-0.39, 0.29) is 54.9 Å². The van der Waals surface area contributed by atoms with Crippen LogP contribution in [0.5, 0.6) is 17.2 Å². The molecule has 2 heterocycles. The van der Waals surface area contributed by atoms with Gasteiger partial charge in [0.25, 0.3) is 0 Å². The summed E-state index contributed by atoms with van der Waals surface area (Å²) in [5, 5.41) is 8.19. The number of nitrogens with zero attached hydrogens (tertiary/aromatic N) is 5. The first-order valence-corrected chi connectivity index (χ1v) is 22.6. The van der Waals surface area contributed by atoms with E-state index in [9.17, 15) is 22.3 Å². The molecule has 18 nitrogen and oxygen atoms in total. The number of Topliss-reactive ketones (excluding diaryl/α,β-unsaturated/α-hetero) is 1. The molecule has 2 N–H and O–H groups in total. The lowest BCUT2D eigenvalue weighted by Gasteiger charge is -2.16. The topological polar surface area (TPSA) is 225 Å². The third-order valence-electron chi connectivity index (χ3n) is 6.96. The molecule has 4 rings (SSSR count). The number of hydrogen-bond donors (Lipinski definition) is 1. The Morgan fingerprint density at radius 2 is 1.38 bits per heavy atom. The van der Waals surface area contributed by atoms with Crippen LogP contribution in [-0.2, 0) is 60.8 Å². The Morgan fingerprint density at radius 3 is 1.89 bits per heavy atom. The van der Waals surface area contributed by atoms with E-state index in [4.69, 9.17) is 38.0 Å². The van der Waals surface area contributed by atoms with Gasteiger partial charge in [-0.2, -0.15) is 5.10 Å². The zero-order chi connectivity index (χ0) is 40.6. The lowest BCUT2D eigenvalue weighted by molar-refractivity contribution is 0.0914. The SMILES string of the molecule is CCOP(=O)(Cn1ccc(CC(=O)c2cc(Oc3ccc(S(C)(=O)=O)cc3)cc(O[C@@H](C)COC)c2)n1)OCC.CCOP(=O)(Cn1cnc(N)n1)OCC. The molecule has 304 valence electrons. The van der Waals surface area contributed by atoms with E-state index >= 15 is 0 Å². The Labute approximate surface area is 321 Å². The van der Waals surface area contributed by atoms with Crippen LogP contribution in [0.25, 0.3) is 0 Å². The average molecular weight is 829 g/mol. The predicted molar refractivity (Wildman–Crippen MR) is 204 cm³/mol. The molecule has 0 bridgehead atoms. The second-order valence-electron chi connectivity index (χ2n) is 11.7. The summed E-state index contributed by atoms with van der Waals surface area (Å²) >= 11 is 0. The summed E-state index contributed by atoms with van der Waals surface area (Å²) in [6.07, 6.45) is 3.77. The van der Waals surface area contributed by atoms with Gasteiger partial charge in [0.15, 0.2) is 15.6 Å². The van der Waals surface area contributed by atoms with E-state index in [0.717, 1.165) is 6.26 Å². The molecule has 0 saturated heterocycles. The summed E-state index contributed by atoms with van der Waals surface area (Å²) in [5.41, 5.74) is 6.13. The number of nitrogen functional groups attached to an aromatic ring is 1. The number of rotatable bonds is 22. The molecule has 0 aliphatic heterocycles. The highest BCUT2D eigenvalue weighted by Gasteiger charge is 2.26. The van der Waals surface area contributed by atoms with Crippen LogP contribution in [0.4, 0.5) is 5.95 Å². The number of aromatic nitrogens is 5. The second-order valence-corrected chi connectivity index (χ2v) is 17.7. The number of anilines is 1. The van der Waals surface area contributed by atoms with Crippen molar-refractivity contribution in [3.63, 3.8) is 0 Å². The van der Waals surface area contributed by atoms with E-state index in [1.54, 1.807) is 65.3 Å². The quantitative estimate of drug-likeness (QED) is 0.0685. The summed E-state index contributed by atoms with van der Waals surface area (Å²) < 4.78 is 89.0. The molecule has 1 atom stereocenters. The molecule has 4 aromatic rings. The molecule has 2 aromatic heterocycles. The summed E-state index contributed by atoms with van der Waals surface area (Å²) in [6.45, 7) is 10.2. The van der Waals surface area contributed by atoms with Crippen molar-refractivity contribution >= 4 is 36.8 Å². The standard InChI is InChI=1S/C27H35N2O9PS.C7H15N4O3P/c1-6-35-39(31,36-7-2)19-29-13-12-22(28-29)16-27(30)21-14-24(37-20(3)18-34-4)17-25(15-21)38-23-8-10-26(11-9-23)40(5,32)33;1-3-13-15(12,14-4-2)6-11-5-9-7(8)10-11/h8-15,17,20H,6-7,16,18-19H2,1-5H3;5H,3-4,6H2,1-2H3,(H2,8,10)/t20-;/m0./s1. The minimum Gasteiger partial charge on any atom is -0.488 e. The zero-order valence-corrected chi connectivity index (χ0v) is 34.6. The molecular weight excluding hydrogens is 778 g/mol. The van der Waals surface area contributed by atoms with Crippen LogP contribution in [-0.4, -0.2) is 91.2 Å². The van der Waals surface area contributed by atoms with Crippen LogP contribution >= 0.6 is 15.2 Å². The van der Waals surface area contributed by atoms with Gasteiger partial charge in [-0.05, 0) is 77.1 Å². The van der Waals surface area contributed by atoms with E-state index in [0.29, 0.717) is 48.3 Å². The normalized spacial score (nSPS) is 12.5. The maximum Gasteiger partial charge on any atom is 0.351 e. The second kappa shape index (κ2) is 21.4. The fourth-order valence-electron chi connectivity index (χ4n) is 4.85. The highest BCUT2D eigenvalue weighted by atomic mass is 32.2. The molecule has 0 amide bonds. The Bertz CT molecular complexity index is 2000. The lowest BCUT2D eigenvalue weighted by Crippen LogP contribution is -2.18. The third-order valence-corrected chi connectivity index (χ3v) is 12.0. The third kappa shape index (κ3) is 15.3. The number of sulfone groups is 1. The van der Waals surface area contributed by atoms with Gasteiger partial charge < -0.3 is 38.0 Å². The Morgan fingerprint density at radius 1 is 0.818 bits per heavy atom. The van der Waals surface area contributed by atoms with Gasteiger partial charge in [0, 0.05) is 31.2 Å². The molecule has 0 aliphatic carbocycles. The lowest BCUT2D eigenvalue weighted by atomic mass is 10.1. The zero-order valence-electron chi connectivity index (χ0n) is 32.0. The monoisotopic (exact) mass is 828 g/mol. The van der Waals surface area contributed by atoms with Crippen LogP contribution in [0, 0.1) is 0 Å². The number of ether oxygens (including phenoxy) is 3. The van der Waals surface area contributed by atoms with Gasteiger partial charge in [0.2, 0.25) is 5.95 Å². The van der Waals surface area contributed by atoms with Crippen molar-refractivity contribution in [2.24, 2.45) is 0 Å². The molecule has 2 aromatic carbocycles. The van der Waals surface area contributed by atoms with Gasteiger partial charge in [-0.1, -0.05) is 0 Å². The minimum absolute atomic E-state index is 0.0267. The van der Waals surface area contributed by atoms with Crippen molar-refractivity contribution in [2.75, 3.05) is 52.1 Å². The predicted octanol–water partition coefficient (Wildman–Crippen LogP) is 6.23. The van der Waals surface area contributed by atoms with Crippen LogP contribution in [0.2, 0.25) is 0 Å². The van der Waals surface area contributed by atoms with Gasteiger partial charge in [-0.25, -0.2) is 18.1 Å². The van der Waals surface area contributed by atoms with E-state index < -0.39 is 25.0 Å². The summed E-state index contributed by atoms with van der Waals surface area (Å²) in [7, 11) is -8.27. The highest BCUT2D eigenvalue weighted by molar-refractivity contribution is 7.90.